The van der Waals surface area contributed by atoms with E-state index in [2.05, 4.69) is 15.2 Å². The first-order chi connectivity index (χ1) is 9.70. The minimum absolute atomic E-state index is 0.371. The second-order valence-corrected chi connectivity index (χ2v) is 4.34. The quantitative estimate of drug-likeness (QED) is 0.476. The predicted octanol–water partition coefficient (Wildman–Crippen LogP) is 1.75. The zero-order chi connectivity index (χ0) is 14.4. The average molecular weight is 274 g/mol. The Labute approximate surface area is 117 Å². The van der Waals surface area contributed by atoms with E-state index < -0.39 is 0 Å². The first kappa shape index (κ1) is 13.9. The molecule has 1 aromatic carbocycles. The number of hydrogen-bond acceptors (Lipinski definition) is 5. The van der Waals surface area contributed by atoms with Crippen molar-refractivity contribution < 1.29 is 9.53 Å². The summed E-state index contributed by atoms with van der Waals surface area (Å²) in [4.78, 5) is 11.5. The average Bonchev–Trinajstić information content (AvgIpc) is 2.97. The lowest BCUT2D eigenvalue weighted by Crippen LogP contribution is -2.09. The number of hydrogen-bond donors (Lipinski definition) is 2. The number of methoxy groups -OCH3 is 1. The lowest BCUT2D eigenvalue weighted by atomic mass is 10.1. The van der Waals surface area contributed by atoms with Crippen molar-refractivity contribution in [3.63, 3.8) is 0 Å². The van der Waals surface area contributed by atoms with Crippen LogP contribution in [0.3, 0.4) is 0 Å². The van der Waals surface area contributed by atoms with Crippen LogP contribution in [0.4, 0.5) is 11.4 Å². The summed E-state index contributed by atoms with van der Waals surface area (Å²) in [5.74, 6) is -0.371. The molecule has 0 bridgehead atoms. The van der Waals surface area contributed by atoms with Crippen LogP contribution in [0.1, 0.15) is 16.8 Å². The first-order valence-corrected chi connectivity index (χ1v) is 6.40. The van der Waals surface area contributed by atoms with Crippen LogP contribution in [-0.2, 0) is 11.3 Å². The van der Waals surface area contributed by atoms with Crippen molar-refractivity contribution in [1.29, 1.82) is 0 Å². The van der Waals surface area contributed by atoms with Crippen LogP contribution in [0.15, 0.2) is 36.7 Å². The smallest absolute Gasteiger partial charge is 0.337 e. The Bertz CT molecular complexity index is 567. The number of nitrogens with one attached hydrogen (secondary N) is 1. The fraction of sp³-hybridized carbons (Fsp3) is 0.286. The van der Waals surface area contributed by atoms with Gasteiger partial charge in [-0.25, -0.2) is 4.79 Å². The number of nitrogens with two attached hydrogens (primary N) is 1. The summed E-state index contributed by atoms with van der Waals surface area (Å²) in [6.07, 6.45) is 4.58. The summed E-state index contributed by atoms with van der Waals surface area (Å²) in [5, 5.41) is 7.35. The van der Waals surface area contributed by atoms with E-state index in [0.717, 1.165) is 25.2 Å². The second kappa shape index (κ2) is 6.60. The lowest BCUT2D eigenvalue weighted by Gasteiger charge is -2.10. The Morgan fingerprint density at radius 2 is 2.35 bits per heavy atom. The monoisotopic (exact) mass is 274 g/mol. The van der Waals surface area contributed by atoms with Crippen molar-refractivity contribution >= 4 is 17.3 Å². The summed E-state index contributed by atoms with van der Waals surface area (Å²) in [7, 11) is 1.36. The van der Waals surface area contributed by atoms with Gasteiger partial charge in [-0.3, -0.25) is 4.68 Å². The molecule has 1 heterocycles. The molecule has 3 N–H and O–H groups in total. The van der Waals surface area contributed by atoms with E-state index in [0.29, 0.717) is 11.3 Å². The molecule has 0 saturated heterocycles. The minimum atomic E-state index is -0.371. The molecule has 0 fully saturated rings. The standard InChI is InChI=1S/C14H18N4O2/c1-20-14(19)11-4-5-12(15)13(10-11)16-6-2-8-18-9-3-7-17-18/h3-5,7,9-10,16H,2,6,8,15H2,1H3. The van der Waals surface area contributed by atoms with Gasteiger partial charge in [0, 0.05) is 25.5 Å². The van der Waals surface area contributed by atoms with Crippen molar-refractivity contribution in [2.45, 2.75) is 13.0 Å². The van der Waals surface area contributed by atoms with Gasteiger partial charge in [-0.15, -0.1) is 0 Å². The van der Waals surface area contributed by atoms with Gasteiger partial charge in [0.25, 0.3) is 0 Å². The van der Waals surface area contributed by atoms with Crippen LogP contribution in [0.5, 0.6) is 0 Å². The van der Waals surface area contributed by atoms with Crippen LogP contribution >= 0.6 is 0 Å². The molecule has 0 aliphatic rings. The molecular weight excluding hydrogens is 256 g/mol. The van der Waals surface area contributed by atoms with Gasteiger partial charge in [0.05, 0.1) is 24.0 Å². The molecule has 2 rings (SSSR count). The van der Waals surface area contributed by atoms with Gasteiger partial charge in [-0.2, -0.15) is 5.10 Å². The van der Waals surface area contributed by atoms with Gasteiger partial charge in [0.2, 0.25) is 0 Å². The molecular formula is C14H18N4O2. The molecule has 0 aliphatic carbocycles. The van der Waals surface area contributed by atoms with Crippen LogP contribution in [0.2, 0.25) is 0 Å². The summed E-state index contributed by atoms with van der Waals surface area (Å²) in [6.45, 7) is 1.57. The Morgan fingerprint density at radius 3 is 3.05 bits per heavy atom. The van der Waals surface area contributed by atoms with Crippen LogP contribution in [0, 0.1) is 0 Å². The molecule has 0 saturated carbocycles. The van der Waals surface area contributed by atoms with Gasteiger partial charge in [-0.05, 0) is 30.7 Å². The van der Waals surface area contributed by atoms with E-state index in [1.54, 1.807) is 24.4 Å². The molecule has 0 radical (unpaired) electrons. The van der Waals surface area contributed by atoms with E-state index >= 15 is 0 Å². The second-order valence-electron chi connectivity index (χ2n) is 4.34. The third kappa shape index (κ3) is 3.50. The number of carbonyl (C=O) groups is 1. The number of aromatic nitrogens is 2. The van der Waals surface area contributed by atoms with Crippen molar-refractivity contribution in [3.05, 3.63) is 42.2 Å². The van der Waals surface area contributed by atoms with Crippen LogP contribution < -0.4 is 11.1 Å². The molecule has 0 unspecified atom stereocenters. The third-order valence-electron chi connectivity index (χ3n) is 2.91. The zero-order valence-corrected chi connectivity index (χ0v) is 11.4. The number of nitrogens with zero attached hydrogens (tertiary/aromatic N) is 2. The molecule has 0 aliphatic heterocycles. The Morgan fingerprint density at radius 1 is 1.50 bits per heavy atom. The number of esters is 1. The molecule has 0 spiro atoms. The molecule has 1 aromatic heterocycles. The van der Waals surface area contributed by atoms with E-state index in [4.69, 9.17) is 5.73 Å². The molecule has 0 atom stereocenters. The van der Waals surface area contributed by atoms with Gasteiger partial charge in [-0.1, -0.05) is 0 Å². The van der Waals surface area contributed by atoms with Crippen LogP contribution in [-0.4, -0.2) is 29.4 Å². The van der Waals surface area contributed by atoms with Gasteiger partial charge in [0.1, 0.15) is 0 Å². The maximum Gasteiger partial charge on any atom is 0.337 e. The highest BCUT2D eigenvalue weighted by Gasteiger charge is 2.08. The predicted molar refractivity (Wildman–Crippen MR) is 77.5 cm³/mol. The summed E-state index contributed by atoms with van der Waals surface area (Å²) >= 11 is 0. The highest BCUT2D eigenvalue weighted by atomic mass is 16.5. The number of ether oxygens (including phenoxy) is 1. The Balaban J connectivity index is 1.89. The normalized spacial score (nSPS) is 10.2. The van der Waals surface area contributed by atoms with Gasteiger partial charge >= 0.3 is 5.97 Å². The van der Waals surface area contributed by atoms with E-state index in [9.17, 15) is 4.79 Å². The highest BCUT2D eigenvalue weighted by molar-refractivity contribution is 5.91. The SMILES string of the molecule is COC(=O)c1ccc(N)c(NCCCn2cccn2)c1. The number of rotatable bonds is 6. The van der Waals surface area contributed by atoms with Crippen molar-refractivity contribution in [1.82, 2.24) is 9.78 Å². The molecule has 6 heteroatoms. The zero-order valence-electron chi connectivity index (χ0n) is 11.4. The number of nitrogen functional groups attached to an aromatic ring is 1. The van der Waals surface area contributed by atoms with E-state index in [-0.39, 0.29) is 5.97 Å². The molecule has 2 aromatic rings. The fourth-order valence-electron chi connectivity index (χ4n) is 1.85. The van der Waals surface area contributed by atoms with Crippen molar-refractivity contribution in [2.75, 3.05) is 24.7 Å². The largest absolute Gasteiger partial charge is 0.465 e. The van der Waals surface area contributed by atoms with Crippen molar-refractivity contribution in [2.24, 2.45) is 0 Å². The molecule has 106 valence electrons. The number of carbonyl (C=O) groups excluding carboxylic acids is 1. The lowest BCUT2D eigenvalue weighted by molar-refractivity contribution is 0.0601. The third-order valence-corrected chi connectivity index (χ3v) is 2.91. The topological polar surface area (TPSA) is 82.2 Å². The summed E-state index contributed by atoms with van der Waals surface area (Å²) < 4.78 is 6.56. The molecule has 6 nitrogen and oxygen atoms in total. The fourth-order valence-corrected chi connectivity index (χ4v) is 1.85. The maximum absolute atomic E-state index is 11.5. The van der Waals surface area contributed by atoms with E-state index in [1.165, 1.54) is 7.11 Å². The Kier molecular flexibility index (Phi) is 4.60. The first-order valence-electron chi connectivity index (χ1n) is 6.40. The van der Waals surface area contributed by atoms with Crippen molar-refractivity contribution in [3.8, 4) is 0 Å². The Hall–Kier alpha value is -2.50. The summed E-state index contributed by atoms with van der Waals surface area (Å²) in [5.41, 5.74) is 7.71. The highest BCUT2D eigenvalue weighted by Crippen LogP contribution is 2.20. The maximum atomic E-state index is 11.5. The minimum Gasteiger partial charge on any atom is -0.465 e. The number of aryl methyl sites for hydroxylation is 1. The number of benzene rings is 1. The number of anilines is 2. The summed E-state index contributed by atoms with van der Waals surface area (Å²) in [6, 6.07) is 6.94. The van der Waals surface area contributed by atoms with Gasteiger partial charge in [0.15, 0.2) is 0 Å². The molecule has 20 heavy (non-hydrogen) atoms. The molecule has 0 amide bonds. The van der Waals surface area contributed by atoms with Crippen LogP contribution in [0.25, 0.3) is 0 Å². The van der Waals surface area contributed by atoms with E-state index in [1.807, 2.05) is 16.9 Å². The van der Waals surface area contributed by atoms with Gasteiger partial charge < -0.3 is 15.8 Å².